The van der Waals surface area contributed by atoms with Gasteiger partial charge in [0.05, 0.1) is 16.3 Å². The first-order chi connectivity index (χ1) is 9.79. The summed E-state index contributed by atoms with van der Waals surface area (Å²) in [5.41, 5.74) is 4.37. The third-order valence-corrected chi connectivity index (χ3v) is 4.28. The van der Waals surface area contributed by atoms with Crippen molar-refractivity contribution < 1.29 is 0 Å². The molecule has 1 nitrogen and oxygen atoms in total. The van der Waals surface area contributed by atoms with Gasteiger partial charge in [0.25, 0.3) is 0 Å². The highest BCUT2D eigenvalue weighted by Crippen LogP contribution is 2.35. The molecular formula is C19H26NSi. The van der Waals surface area contributed by atoms with Crippen molar-refractivity contribution in [2.75, 3.05) is 0 Å². The van der Waals surface area contributed by atoms with Gasteiger partial charge in [-0.15, -0.1) is 0 Å². The van der Waals surface area contributed by atoms with Crippen LogP contribution in [0.1, 0.15) is 52.6 Å². The molecule has 0 aliphatic heterocycles. The summed E-state index contributed by atoms with van der Waals surface area (Å²) >= 11 is 0. The van der Waals surface area contributed by atoms with Crippen molar-refractivity contribution in [2.24, 2.45) is 5.92 Å². The number of allylic oxidation sites excluding steroid dienone is 3. The molecule has 0 saturated heterocycles. The SMILES string of the molecule is CC(C)C1=C(C(NC(C)(C)C)c2ccccc2[Si])CC=C1. The van der Waals surface area contributed by atoms with Crippen LogP contribution in [0, 0.1) is 5.92 Å². The summed E-state index contributed by atoms with van der Waals surface area (Å²) < 4.78 is 0. The second-order valence-electron chi connectivity index (χ2n) is 7.16. The predicted octanol–water partition coefficient (Wildman–Crippen LogP) is 3.82. The Morgan fingerprint density at radius 3 is 2.38 bits per heavy atom. The second-order valence-corrected chi connectivity index (χ2v) is 7.70. The summed E-state index contributed by atoms with van der Waals surface area (Å²) in [7, 11) is 3.78. The lowest BCUT2D eigenvalue weighted by molar-refractivity contribution is 0.385. The van der Waals surface area contributed by atoms with Gasteiger partial charge in [-0.05, 0) is 49.8 Å². The number of hydrogen-bond donors (Lipinski definition) is 1. The minimum atomic E-state index is 0.0663. The molecule has 0 spiro atoms. The van der Waals surface area contributed by atoms with Crippen molar-refractivity contribution in [1.82, 2.24) is 5.32 Å². The zero-order valence-electron chi connectivity index (χ0n) is 13.8. The Kier molecular flexibility index (Phi) is 4.90. The Hall–Kier alpha value is -1.12. The monoisotopic (exact) mass is 296 g/mol. The lowest BCUT2D eigenvalue weighted by atomic mass is 9.89. The van der Waals surface area contributed by atoms with Gasteiger partial charge in [0.1, 0.15) is 0 Å². The van der Waals surface area contributed by atoms with E-state index in [9.17, 15) is 0 Å². The Balaban J connectivity index is 2.48. The Morgan fingerprint density at radius 1 is 1.14 bits per heavy atom. The molecule has 111 valence electrons. The van der Waals surface area contributed by atoms with E-state index < -0.39 is 0 Å². The molecule has 1 aliphatic carbocycles. The van der Waals surface area contributed by atoms with Gasteiger partial charge in [0.2, 0.25) is 0 Å². The molecule has 3 radical (unpaired) electrons. The molecule has 1 aliphatic rings. The summed E-state index contributed by atoms with van der Waals surface area (Å²) in [6, 6.07) is 8.79. The van der Waals surface area contributed by atoms with E-state index in [2.05, 4.69) is 86.6 Å². The molecule has 1 unspecified atom stereocenters. The van der Waals surface area contributed by atoms with Gasteiger partial charge in [-0.25, -0.2) is 0 Å². The van der Waals surface area contributed by atoms with E-state index in [0.29, 0.717) is 5.92 Å². The minimum absolute atomic E-state index is 0.0663. The fourth-order valence-electron chi connectivity index (χ4n) is 2.92. The van der Waals surface area contributed by atoms with Crippen LogP contribution in [-0.4, -0.2) is 15.8 Å². The summed E-state index contributed by atoms with van der Waals surface area (Å²) in [6.07, 6.45) is 5.63. The largest absolute Gasteiger partial charge is 0.302 e. The molecule has 21 heavy (non-hydrogen) atoms. The van der Waals surface area contributed by atoms with Crippen LogP contribution in [0.4, 0.5) is 0 Å². The summed E-state index contributed by atoms with van der Waals surface area (Å²) in [5.74, 6) is 0.560. The molecule has 2 heteroatoms. The van der Waals surface area contributed by atoms with E-state index in [0.717, 1.165) is 6.42 Å². The molecule has 1 aromatic carbocycles. The summed E-state index contributed by atoms with van der Waals surface area (Å²) in [4.78, 5) is 0. The highest BCUT2D eigenvalue weighted by molar-refractivity contribution is 6.33. The smallest absolute Gasteiger partial charge is 0.0716 e. The average Bonchev–Trinajstić information content (AvgIpc) is 2.85. The van der Waals surface area contributed by atoms with E-state index in [-0.39, 0.29) is 11.6 Å². The lowest BCUT2D eigenvalue weighted by Gasteiger charge is -2.32. The van der Waals surface area contributed by atoms with Crippen molar-refractivity contribution in [3.8, 4) is 0 Å². The van der Waals surface area contributed by atoms with Crippen LogP contribution in [0.5, 0.6) is 0 Å². The van der Waals surface area contributed by atoms with Gasteiger partial charge >= 0.3 is 0 Å². The molecule has 1 aromatic rings. The fraction of sp³-hybridized carbons (Fsp3) is 0.474. The van der Waals surface area contributed by atoms with Crippen LogP contribution in [-0.2, 0) is 0 Å². The quantitative estimate of drug-likeness (QED) is 0.833. The summed E-state index contributed by atoms with van der Waals surface area (Å²) in [5, 5.41) is 4.98. The van der Waals surface area contributed by atoms with Gasteiger partial charge in [-0.2, -0.15) is 0 Å². The van der Waals surface area contributed by atoms with Gasteiger partial charge in [0.15, 0.2) is 0 Å². The number of hydrogen-bond acceptors (Lipinski definition) is 1. The van der Waals surface area contributed by atoms with Gasteiger partial charge in [-0.1, -0.05) is 55.5 Å². The molecule has 0 saturated carbocycles. The van der Waals surface area contributed by atoms with E-state index in [4.69, 9.17) is 0 Å². The Morgan fingerprint density at radius 2 is 1.81 bits per heavy atom. The molecule has 1 atom stereocenters. The van der Waals surface area contributed by atoms with E-state index in [1.807, 2.05) is 0 Å². The predicted molar refractivity (Wildman–Crippen MR) is 93.1 cm³/mol. The third-order valence-electron chi connectivity index (χ3n) is 3.83. The minimum Gasteiger partial charge on any atom is -0.302 e. The van der Waals surface area contributed by atoms with Crippen LogP contribution < -0.4 is 10.5 Å². The topological polar surface area (TPSA) is 12.0 Å². The first-order valence-corrected chi connectivity index (χ1v) is 8.27. The van der Waals surface area contributed by atoms with Gasteiger partial charge < -0.3 is 5.32 Å². The Bertz CT molecular complexity index is 561. The van der Waals surface area contributed by atoms with Crippen molar-refractivity contribution in [3.63, 3.8) is 0 Å². The highest BCUT2D eigenvalue weighted by Gasteiger charge is 2.27. The third kappa shape index (κ3) is 3.95. The van der Waals surface area contributed by atoms with E-state index in [1.54, 1.807) is 0 Å². The van der Waals surface area contributed by atoms with Gasteiger partial charge in [-0.3, -0.25) is 0 Å². The number of rotatable bonds is 4. The molecule has 1 N–H and O–H groups in total. The first-order valence-electron chi connectivity index (χ1n) is 7.77. The van der Waals surface area contributed by atoms with E-state index >= 15 is 0 Å². The molecule has 0 bridgehead atoms. The van der Waals surface area contributed by atoms with Crippen molar-refractivity contribution >= 4 is 15.4 Å². The number of nitrogens with one attached hydrogen (secondary N) is 1. The maximum Gasteiger partial charge on any atom is 0.0716 e. The van der Waals surface area contributed by atoms with E-state index in [1.165, 1.54) is 21.9 Å². The molecule has 0 heterocycles. The normalized spacial score (nSPS) is 16.9. The zero-order chi connectivity index (χ0) is 15.6. The van der Waals surface area contributed by atoms with Crippen LogP contribution in [0.15, 0.2) is 47.6 Å². The summed E-state index contributed by atoms with van der Waals surface area (Å²) in [6.45, 7) is 11.2. The lowest BCUT2D eigenvalue weighted by Crippen LogP contribution is -2.41. The van der Waals surface area contributed by atoms with Crippen molar-refractivity contribution in [1.29, 1.82) is 0 Å². The standard InChI is InChI=1S/C19H26NSi/c1-13(2)14-10-8-11-15(14)18(20-19(3,4)5)16-9-6-7-12-17(16)21/h6-10,12-13,18,20H,11H2,1-5H3. The highest BCUT2D eigenvalue weighted by atomic mass is 28.1. The fourth-order valence-corrected chi connectivity index (χ4v) is 3.24. The van der Waals surface area contributed by atoms with Crippen molar-refractivity contribution in [3.05, 3.63) is 53.1 Å². The van der Waals surface area contributed by atoms with Crippen LogP contribution in [0.3, 0.4) is 0 Å². The van der Waals surface area contributed by atoms with Crippen LogP contribution >= 0.6 is 0 Å². The molecule has 0 amide bonds. The molecule has 0 fully saturated rings. The molecule has 2 rings (SSSR count). The maximum absolute atomic E-state index is 3.81. The first kappa shape index (κ1) is 16.3. The van der Waals surface area contributed by atoms with Crippen molar-refractivity contribution in [2.45, 2.75) is 52.6 Å². The van der Waals surface area contributed by atoms with Gasteiger partial charge in [0, 0.05) is 5.54 Å². The molecular weight excluding hydrogens is 270 g/mol. The van der Waals surface area contributed by atoms with Crippen LogP contribution in [0.2, 0.25) is 0 Å². The maximum atomic E-state index is 3.81. The van der Waals surface area contributed by atoms with Crippen LogP contribution in [0.25, 0.3) is 0 Å². The number of benzene rings is 1. The zero-order valence-corrected chi connectivity index (χ0v) is 14.8. The molecule has 0 aromatic heterocycles. The second kappa shape index (κ2) is 6.33. The average molecular weight is 297 g/mol. The Labute approximate surface area is 133 Å².